The van der Waals surface area contributed by atoms with Crippen LogP contribution in [0.25, 0.3) is 0 Å². The maximum absolute atomic E-state index is 13.3. The lowest BCUT2D eigenvalue weighted by Crippen LogP contribution is -2.09. The number of nitrogens with zero attached hydrogens (tertiary/aromatic N) is 2. The topological polar surface area (TPSA) is 120 Å². The first kappa shape index (κ1) is 14.0. The molecule has 0 atom stereocenters. The van der Waals surface area contributed by atoms with Gasteiger partial charge in [-0.1, -0.05) is 6.92 Å². The van der Waals surface area contributed by atoms with E-state index in [4.69, 9.17) is 0 Å². The predicted molar refractivity (Wildman–Crippen MR) is 57.4 cm³/mol. The summed E-state index contributed by atoms with van der Waals surface area (Å²) in [5.41, 5.74) is -2.15. The van der Waals surface area contributed by atoms with Crippen molar-refractivity contribution in [3.05, 3.63) is 38.2 Å². The molecule has 0 fully saturated rings. The standard InChI is InChI=1S/C8H7FN2O6S/c1-2-18(16,17)8-3-5(9)6(10(12)13)4-7(8)11(14)15/h3-4H,2H2,1H3. The molecule has 0 saturated heterocycles. The number of nitro groups is 2. The lowest BCUT2D eigenvalue weighted by Gasteiger charge is -2.03. The van der Waals surface area contributed by atoms with Crippen LogP contribution in [0.2, 0.25) is 0 Å². The number of sulfone groups is 1. The van der Waals surface area contributed by atoms with Gasteiger partial charge in [-0.3, -0.25) is 20.2 Å². The molecule has 0 saturated carbocycles. The van der Waals surface area contributed by atoms with Crippen molar-refractivity contribution in [2.45, 2.75) is 11.8 Å². The molecular formula is C8H7FN2O6S. The van der Waals surface area contributed by atoms with Gasteiger partial charge in [0.1, 0.15) is 4.90 Å². The molecule has 0 spiro atoms. The van der Waals surface area contributed by atoms with Crippen molar-refractivity contribution >= 4 is 21.2 Å². The van der Waals surface area contributed by atoms with Gasteiger partial charge in [0.2, 0.25) is 5.82 Å². The van der Waals surface area contributed by atoms with E-state index < -0.39 is 47.5 Å². The van der Waals surface area contributed by atoms with Crippen LogP contribution in [-0.4, -0.2) is 24.0 Å². The molecule has 18 heavy (non-hydrogen) atoms. The Kier molecular flexibility index (Phi) is 3.60. The average molecular weight is 278 g/mol. The van der Waals surface area contributed by atoms with Crippen molar-refractivity contribution < 1.29 is 22.7 Å². The van der Waals surface area contributed by atoms with E-state index in [0.717, 1.165) is 0 Å². The second kappa shape index (κ2) is 4.64. The van der Waals surface area contributed by atoms with Crippen LogP contribution >= 0.6 is 0 Å². The molecule has 0 radical (unpaired) electrons. The van der Waals surface area contributed by atoms with Crippen LogP contribution in [0.1, 0.15) is 6.92 Å². The summed E-state index contributed by atoms with van der Waals surface area (Å²) >= 11 is 0. The van der Waals surface area contributed by atoms with Crippen LogP contribution in [0.15, 0.2) is 17.0 Å². The summed E-state index contributed by atoms with van der Waals surface area (Å²) in [5.74, 6) is -1.91. The number of halogens is 1. The fraction of sp³-hybridized carbons (Fsp3) is 0.250. The lowest BCUT2D eigenvalue weighted by atomic mass is 10.2. The van der Waals surface area contributed by atoms with Crippen LogP contribution in [0.5, 0.6) is 0 Å². The number of nitro benzene ring substituents is 2. The third-order valence-corrected chi connectivity index (χ3v) is 3.89. The van der Waals surface area contributed by atoms with Crippen molar-refractivity contribution in [2.75, 3.05) is 5.75 Å². The summed E-state index contributed by atoms with van der Waals surface area (Å²) in [6, 6.07) is 0.604. The minimum atomic E-state index is -4.04. The normalized spacial score (nSPS) is 11.2. The highest BCUT2D eigenvalue weighted by atomic mass is 32.2. The Labute approximate surface area is 100 Å². The second-order valence-corrected chi connectivity index (χ2v) is 5.44. The van der Waals surface area contributed by atoms with Crippen molar-refractivity contribution in [1.82, 2.24) is 0 Å². The number of rotatable bonds is 4. The molecule has 0 N–H and O–H groups in total. The van der Waals surface area contributed by atoms with Gasteiger partial charge >= 0.3 is 5.69 Å². The van der Waals surface area contributed by atoms with Gasteiger partial charge in [0.25, 0.3) is 5.69 Å². The van der Waals surface area contributed by atoms with Gasteiger partial charge < -0.3 is 0 Å². The van der Waals surface area contributed by atoms with E-state index in [1.165, 1.54) is 6.92 Å². The molecule has 0 amide bonds. The molecule has 10 heteroatoms. The summed E-state index contributed by atoms with van der Waals surface area (Å²) in [6.07, 6.45) is 0. The number of hydrogen-bond acceptors (Lipinski definition) is 6. The Bertz CT molecular complexity index is 627. The average Bonchev–Trinajstić information content (AvgIpc) is 2.27. The molecule has 1 aromatic carbocycles. The van der Waals surface area contributed by atoms with Gasteiger partial charge in [-0.2, -0.15) is 4.39 Å². The third kappa shape index (κ3) is 2.42. The number of hydrogen-bond donors (Lipinski definition) is 0. The predicted octanol–water partition coefficient (Wildman–Crippen LogP) is 1.44. The SMILES string of the molecule is CCS(=O)(=O)c1cc(F)c([N+](=O)[O-])cc1[N+](=O)[O-]. The Morgan fingerprint density at radius 2 is 1.67 bits per heavy atom. The first-order valence-corrected chi connectivity index (χ1v) is 6.21. The minimum absolute atomic E-state index is 0.301. The van der Waals surface area contributed by atoms with Crippen LogP contribution in [0, 0.1) is 26.0 Å². The molecule has 1 rings (SSSR count). The van der Waals surface area contributed by atoms with Crippen molar-refractivity contribution in [2.24, 2.45) is 0 Å². The van der Waals surface area contributed by atoms with Gasteiger partial charge in [0.15, 0.2) is 9.84 Å². The molecular weight excluding hydrogens is 271 g/mol. The van der Waals surface area contributed by atoms with Crippen LogP contribution in [-0.2, 0) is 9.84 Å². The van der Waals surface area contributed by atoms with Crippen LogP contribution in [0.4, 0.5) is 15.8 Å². The zero-order valence-corrected chi connectivity index (χ0v) is 9.81. The fourth-order valence-corrected chi connectivity index (χ4v) is 2.27. The van der Waals surface area contributed by atoms with E-state index in [1.54, 1.807) is 0 Å². The van der Waals surface area contributed by atoms with Gasteiger partial charge in [-0.15, -0.1) is 0 Å². The van der Waals surface area contributed by atoms with Crippen molar-refractivity contribution in [3.8, 4) is 0 Å². The molecule has 0 aromatic heterocycles. The Morgan fingerprint density at radius 3 is 2.06 bits per heavy atom. The second-order valence-electron chi connectivity index (χ2n) is 3.19. The highest BCUT2D eigenvalue weighted by molar-refractivity contribution is 7.91. The van der Waals surface area contributed by atoms with Gasteiger partial charge in [0.05, 0.1) is 21.7 Å². The van der Waals surface area contributed by atoms with Crippen LogP contribution in [0.3, 0.4) is 0 Å². The van der Waals surface area contributed by atoms with E-state index in [9.17, 15) is 33.0 Å². The molecule has 0 aliphatic rings. The maximum atomic E-state index is 13.3. The van der Waals surface area contributed by atoms with Crippen molar-refractivity contribution in [3.63, 3.8) is 0 Å². The van der Waals surface area contributed by atoms with Gasteiger partial charge in [-0.05, 0) is 0 Å². The summed E-state index contributed by atoms with van der Waals surface area (Å²) in [4.78, 5) is 18.0. The summed E-state index contributed by atoms with van der Waals surface area (Å²) in [5, 5.41) is 21.1. The molecule has 0 unspecified atom stereocenters. The van der Waals surface area contributed by atoms with Gasteiger partial charge in [-0.25, -0.2) is 8.42 Å². The first-order chi connectivity index (χ1) is 8.20. The quantitative estimate of drug-likeness (QED) is 0.606. The molecule has 1 aromatic rings. The molecule has 0 heterocycles. The van der Waals surface area contributed by atoms with Gasteiger partial charge in [0, 0.05) is 6.07 Å². The monoisotopic (exact) mass is 278 g/mol. The highest BCUT2D eigenvalue weighted by Gasteiger charge is 2.30. The smallest absolute Gasteiger partial charge is 0.258 e. The highest BCUT2D eigenvalue weighted by Crippen LogP contribution is 2.31. The molecule has 0 aliphatic heterocycles. The van der Waals surface area contributed by atoms with E-state index in [1.807, 2.05) is 0 Å². The van der Waals surface area contributed by atoms with E-state index in [-0.39, 0.29) is 0 Å². The van der Waals surface area contributed by atoms with Crippen LogP contribution < -0.4 is 0 Å². The third-order valence-electron chi connectivity index (χ3n) is 2.14. The van der Waals surface area contributed by atoms with Crippen molar-refractivity contribution in [1.29, 1.82) is 0 Å². The molecule has 8 nitrogen and oxygen atoms in total. The molecule has 0 bridgehead atoms. The maximum Gasteiger partial charge on any atom is 0.311 e. The molecule has 0 aliphatic carbocycles. The first-order valence-electron chi connectivity index (χ1n) is 4.55. The summed E-state index contributed by atoms with van der Waals surface area (Å²) in [6.45, 7) is 1.22. The summed E-state index contributed by atoms with van der Waals surface area (Å²) in [7, 11) is -4.04. The zero-order chi connectivity index (χ0) is 14.1. The van der Waals surface area contributed by atoms with E-state index >= 15 is 0 Å². The zero-order valence-electron chi connectivity index (χ0n) is 8.99. The Hall–Kier alpha value is -2.10. The minimum Gasteiger partial charge on any atom is -0.258 e. The largest absolute Gasteiger partial charge is 0.311 e. The molecule has 98 valence electrons. The van der Waals surface area contributed by atoms with E-state index in [2.05, 4.69) is 0 Å². The lowest BCUT2D eigenvalue weighted by molar-refractivity contribution is -0.397. The summed E-state index contributed by atoms with van der Waals surface area (Å²) < 4.78 is 36.3. The Balaban J connectivity index is 3.69. The fourth-order valence-electron chi connectivity index (χ4n) is 1.22. The number of benzene rings is 1. The van der Waals surface area contributed by atoms with E-state index in [0.29, 0.717) is 12.1 Å². The Morgan fingerprint density at radius 1 is 1.17 bits per heavy atom.